The van der Waals surface area contributed by atoms with E-state index in [9.17, 15) is 5.11 Å². The van der Waals surface area contributed by atoms with Crippen molar-refractivity contribution in [3.05, 3.63) is 71.8 Å². The lowest BCUT2D eigenvalue weighted by Gasteiger charge is -2.48. The summed E-state index contributed by atoms with van der Waals surface area (Å²) in [5, 5.41) is 24.6. The molecule has 6 heteroatoms. The van der Waals surface area contributed by atoms with Crippen LogP contribution < -0.4 is 0 Å². The molecule has 0 unspecified atom stereocenters. The van der Waals surface area contributed by atoms with Crippen molar-refractivity contribution in [1.29, 1.82) is 0 Å². The van der Waals surface area contributed by atoms with Crippen LogP contribution in [-0.4, -0.2) is 50.8 Å². The summed E-state index contributed by atoms with van der Waals surface area (Å²) in [5.74, 6) is -3.65. The van der Waals surface area contributed by atoms with Gasteiger partial charge in [0.2, 0.25) is 0 Å². The number of carboxylic acids is 2. The molecule has 132 valence electrons. The third-order valence-corrected chi connectivity index (χ3v) is 4.22. The number of aliphatic carboxylic acids is 2. The molecule has 6 nitrogen and oxygen atoms in total. The minimum Gasteiger partial charge on any atom is -0.473 e. The molecule has 2 atom stereocenters. The fourth-order valence-corrected chi connectivity index (χ4v) is 2.80. The molecule has 0 radical (unpaired) electrons. The highest BCUT2D eigenvalue weighted by atomic mass is 16.4. The molecule has 0 amide bonds. The Labute approximate surface area is 146 Å². The van der Waals surface area contributed by atoms with Crippen molar-refractivity contribution in [2.75, 3.05) is 6.54 Å². The number of carbonyl (C=O) groups is 2. The number of nitrogens with zero attached hydrogens (tertiary/aromatic N) is 1. The van der Waals surface area contributed by atoms with Crippen LogP contribution in [0.3, 0.4) is 0 Å². The molecule has 1 aliphatic heterocycles. The molecule has 1 aliphatic rings. The highest BCUT2D eigenvalue weighted by Crippen LogP contribution is 2.35. The zero-order chi connectivity index (χ0) is 18.4. The predicted octanol–water partition coefficient (Wildman–Crippen LogP) is 2.00. The molecule has 0 aromatic heterocycles. The molecule has 1 heterocycles. The Hall–Kier alpha value is -2.70. The Morgan fingerprint density at radius 2 is 1.32 bits per heavy atom. The van der Waals surface area contributed by atoms with Gasteiger partial charge in [-0.05, 0) is 18.1 Å². The fraction of sp³-hybridized carbons (Fsp3) is 0.263. The van der Waals surface area contributed by atoms with Gasteiger partial charge in [0, 0.05) is 12.6 Å². The van der Waals surface area contributed by atoms with Crippen LogP contribution in [-0.2, 0) is 9.59 Å². The van der Waals surface area contributed by atoms with E-state index in [0.717, 1.165) is 6.54 Å². The SMILES string of the molecule is C[C@H]1[C@H](O)CN1C(c1ccccc1)c1ccccc1.O=C(O)C(=O)O. The summed E-state index contributed by atoms with van der Waals surface area (Å²) in [4.78, 5) is 20.6. The molecule has 0 aliphatic carbocycles. The van der Waals surface area contributed by atoms with Gasteiger partial charge in [-0.15, -0.1) is 0 Å². The summed E-state index contributed by atoms with van der Waals surface area (Å²) in [6, 6.07) is 21.5. The Bertz CT molecular complexity index is 653. The van der Waals surface area contributed by atoms with E-state index in [2.05, 4.69) is 60.4 Å². The van der Waals surface area contributed by atoms with Crippen molar-refractivity contribution in [1.82, 2.24) is 4.90 Å². The third-order valence-electron chi connectivity index (χ3n) is 4.22. The summed E-state index contributed by atoms with van der Waals surface area (Å²) >= 11 is 0. The second-order valence-corrected chi connectivity index (χ2v) is 5.84. The molecular formula is C19H21NO5. The summed E-state index contributed by atoms with van der Waals surface area (Å²) in [6.45, 7) is 2.84. The van der Waals surface area contributed by atoms with E-state index in [-0.39, 0.29) is 18.2 Å². The number of aliphatic hydroxyl groups excluding tert-OH is 1. The molecule has 0 saturated carbocycles. The average molecular weight is 343 g/mol. The van der Waals surface area contributed by atoms with Crippen molar-refractivity contribution >= 4 is 11.9 Å². The van der Waals surface area contributed by atoms with Crippen molar-refractivity contribution in [3.8, 4) is 0 Å². The summed E-state index contributed by atoms with van der Waals surface area (Å²) in [6.07, 6.45) is -0.199. The third kappa shape index (κ3) is 4.65. The van der Waals surface area contributed by atoms with Gasteiger partial charge in [-0.25, -0.2) is 9.59 Å². The normalized spacial score (nSPS) is 19.5. The lowest BCUT2D eigenvalue weighted by Crippen LogP contribution is -2.59. The van der Waals surface area contributed by atoms with E-state index in [1.54, 1.807) is 0 Å². The maximum Gasteiger partial charge on any atom is 0.414 e. The van der Waals surface area contributed by atoms with Crippen LogP contribution in [0.5, 0.6) is 0 Å². The fourth-order valence-electron chi connectivity index (χ4n) is 2.80. The lowest BCUT2D eigenvalue weighted by molar-refractivity contribution is -0.159. The van der Waals surface area contributed by atoms with Gasteiger partial charge in [0.25, 0.3) is 0 Å². The Balaban J connectivity index is 0.000000326. The second-order valence-electron chi connectivity index (χ2n) is 5.84. The molecule has 1 saturated heterocycles. The number of aliphatic hydroxyl groups is 1. The molecule has 0 spiro atoms. The van der Waals surface area contributed by atoms with E-state index >= 15 is 0 Å². The zero-order valence-electron chi connectivity index (χ0n) is 13.8. The number of rotatable bonds is 3. The molecular weight excluding hydrogens is 322 g/mol. The van der Waals surface area contributed by atoms with Gasteiger partial charge >= 0.3 is 11.9 Å². The maximum absolute atomic E-state index is 9.79. The minimum atomic E-state index is -1.82. The molecule has 1 fully saturated rings. The minimum absolute atomic E-state index is 0.199. The maximum atomic E-state index is 9.79. The monoisotopic (exact) mass is 343 g/mol. The first kappa shape index (κ1) is 18.6. The molecule has 2 aromatic carbocycles. The van der Waals surface area contributed by atoms with Gasteiger partial charge in [-0.2, -0.15) is 0 Å². The predicted molar refractivity (Wildman–Crippen MR) is 92.2 cm³/mol. The summed E-state index contributed by atoms with van der Waals surface area (Å²) in [7, 11) is 0. The quantitative estimate of drug-likeness (QED) is 0.738. The van der Waals surface area contributed by atoms with E-state index in [0.29, 0.717) is 0 Å². The van der Waals surface area contributed by atoms with Crippen molar-refractivity contribution < 1.29 is 24.9 Å². The van der Waals surface area contributed by atoms with Crippen LogP contribution in [0.15, 0.2) is 60.7 Å². The molecule has 2 aromatic rings. The van der Waals surface area contributed by atoms with Crippen LogP contribution in [0.25, 0.3) is 0 Å². The number of benzene rings is 2. The van der Waals surface area contributed by atoms with Crippen LogP contribution in [0.1, 0.15) is 24.1 Å². The second kappa shape index (κ2) is 8.41. The number of β-amino-alcohol motifs (C(OH)–C–C–N with tert-alkyl or cyclic N) is 1. The van der Waals surface area contributed by atoms with Crippen LogP contribution >= 0.6 is 0 Å². The molecule has 3 N–H and O–H groups in total. The smallest absolute Gasteiger partial charge is 0.414 e. The van der Waals surface area contributed by atoms with E-state index < -0.39 is 11.9 Å². The molecule has 0 bridgehead atoms. The molecule has 3 rings (SSSR count). The van der Waals surface area contributed by atoms with Crippen molar-refractivity contribution in [3.63, 3.8) is 0 Å². The zero-order valence-corrected chi connectivity index (χ0v) is 13.8. The van der Waals surface area contributed by atoms with Crippen LogP contribution in [0.2, 0.25) is 0 Å². The average Bonchev–Trinajstić information content (AvgIpc) is 2.63. The van der Waals surface area contributed by atoms with Crippen molar-refractivity contribution in [2.24, 2.45) is 0 Å². The van der Waals surface area contributed by atoms with Gasteiger partial charge in [0.1, 0.15) is 0 Å². The standard InChI is InChI=1S/C17H19NO.C2H2O4/c1-13-16(19)12-18(13)17(14-8-4-2-5-9-14)15-10-6-3-7-11-15;3-1(4)2(5)6/h2-11,13,16-17,19H,12H2,1H3;(H,3,4)(H,5,6)/t13-,16+;/m0./s1. The Kier molecular flexibility index (Phi) is 6.27. The number of hydrogen-bond donors (Lipinski definition) is 3. The summed E-state index contributed by atoms with van der Waals surface area (Å²) < 4.78 is 0. The van der Waals surface area contributed by atoms with Gasteiger partial charge in [-0.1, -0.05) is 60.7 Å². The number of likely N-dealkylation sites (tertiary alicyclic amines) is 1. The van der Waals surface area contributed by atoms with Gasteiger partial charge < -0.3 is 15.3 Å². The van der Waals surface area contributed by atoms with E-state index in [1.807, 2.05) is 12.1 Å². The summed E-state index contributed by atoms with van der Waals surface area (Å²) in [5.41, 5.74) is 2.57. The van der Waals surface area contributed by atoms with Crippen molar-refractivity contribution in [2.45, 2.75) is 25.1 Å². The van der Waals surface area contributed by atoms with Gasteiger partial charge in [-0.3, -0.25) is 4.90 Å². The number of carboxylic acid groups (broad SMARTS) is 2. The van der Waals surface area contributed by atoms with Crippen LogP contribution in [0.4, 0.5) is 0 Å². The first-order chi connectivity index (χ1) is 11.9. The highest BCUT2D eigenvalue weighted by Gasteiger charge is 2.39. The number of hydrogen-bond acceptors (Lipinski definition) is 4. The Morgan fingerprint density at radius 1 is 0.920 bits per heavy atom. The van der Waals surface area contributed by atoms with Gasteiger partial charge in [0.15, 0.2) is 0 Å². The Morgan fingerprint density at radius 3 is 1.60 bits per heavy atom. The first-order valence-corrected chi connectivity index (χ1v) is 7.91. The van der Waals surface area contributed by atoms with E-state index in [1.165, 1.54) is 11.1 Å². The topological polar surface area (TPSA) is 98.1 Å². The van der Waals surface area contributed by atoms with Crippen LogP contribution in [0, 0.1) is 0 Å². The first-order valence-electron chi connectivity index (χ1n) is 7.91. The molecule has 25 heavy (non-hydrogen) atoms. The van der Waals surface area contributed by atoms with Gasteiger partial charge in [0.05, 0.1) is 12.1 Å². The highest BCUT2D eigenvalue weighted by molar-refractivity contribution is 6.27. The largest absolute Gasteiger partial charge is 0.473 e. The van der Waals surface area contributed by atoms with E-state index in [4.69, 9.17) is 19.8 Å². The lowest BCUT2D eigenvalue weighted by atomic mass is 9.90.